The van der Waals surface area contributed by atoms with E-state index in [-0.39, 0.29) is 5.54 Å². The Hall–Kier alpha value is -0.690. The summed E-state index contributed by atoms with van der Waals surface area (Å²) in [5.74, 6) is 0. The number of amides is 1. The summed E-state index contributed by atoms with van der Waals surface area (Å²) in [5, 5.41) is 1.84. The molecule has 0 fully saturated rings. The highest BCUT2D eigenvalue weighted by molar-refractivity contribution is 5.47. The molecular weight excluding hydrogens is 364 g/mol. The Kier molecular flexibility index (Phi) is 23.4. The van der Waals surface area contributed by atoms with Gasteiger partial charge in [-0.25, -0.2) is 0 Å². The molecule has 178 valence electrons. The number of rotatable bonds is 14. The van der Waals surface area contributed by atoms with Crippen molar-refractivity contribution in [3.63, 3.8) is 0 Å². The molecule has 0 heterocycles. The first-order chi connectivity index (χ1) is 13.5. The zero-order valence-corrected chi connectivity index (χ0v) is 21.9. The summed E-state index contributed by atoms with van der Waals surface area (Å²) in [6.07, 6.45) is 5.58. The van der Waals surface area contributed by atoms with Gasteiger partial charge in [0.15, 0.2) is 0 Å². The van der Waals surface area contributed by atoms with E-state index in [2.05, 4.69) is 37.6 Å². The summed E-state index contributed by atoms with van der Waals surface area (Å²) in [6.45, 7) is 18.5. The second-order valence-corrected chi connectivity index (χ2v) is 8.36. The topological polar surface area (TPSA) is 39.3 Å². The van der Waals surface area contributed by atoms with Crippen LogP contribution in [0.1, 0.15) is 74.1 Å². The Balaban J connectivity index is -0.000000479. The molecule has 6 nitrogen and oxygen atoms in total. The number of carbonyl (C=O) groups is 1. The molecule has 29 heavy (non-hydrogen) atoms. The number of unbranched alkanes of at least 4 members (excludes halogenated alkanes) is 1. The molecule has 0 spiro atoms. The van der Waals surface area contributed by atoms with Crippen molar-refractivity contribution in [3.8, 4) is 0 Å². The smallest absolute Gasteiger partial charge is 0.209 e. The Labute approximate surface area is 183 Å². The van der Waals surface area contributed by atoms with Crippen LogP contribution in [0, 0.1) is 0 Å². The van der Waals surface area contributed by atoms with Gasteiger partial charge in [0.1, 0.15) is 0 Å². The quantitative estimate of drug-likeness (QED) is 0.312. The van der Waals surface area contributed by atoms with Crippen molar-refractivity contribution in [3.05, 3.63) is 0 Å². The monoisotopic (exact) mass is 418 g/mol. The van der Waals surface area contributed by atoms with Gasteiger partial charge in [-0.05, 0) is 67.7 Å². The molecule has 1 atom stereocenters. The molecule has 0 saturated heterocycles. The highest BCUT2D eigenvalue weighted by atomic mass is 16.7. The fourth-order valence-corrected chi connectivity index (χ4v) is 2.12. The summed E-state index contributed by atoms with van der Waals surface area (Å²) in [5.41, 5.74) is -0.163. The summed E-state index contributed by atoms with van der Waals surface area (Å²) in [6, 6.07) is 0.756. The number of nitrogens with zero attached hydrogens (tertiary/aromatic N) is 4. The molecule has 0 aromatic heterocycles. The van der Waals surface area contributed by atoms with Gasteiger partial charge < -0.3 is 14.7 Å². The molecule has 0 saturated carbocycles. The van der Waals surface area contributed by atoms with Gasteiger partial charge in [-0.15, -0.1) is 0 Å². The van der Waals surface area contributed by atoms with Gasteiger partial charge in [-0.1, -0.05) is 34.1 Å². The minimum Gasteiger partial charge on any atom is -0.343 e. The van der Waals surface area contributed by atoms with Crippen LogP contribution >= 0.6 is 0 Å². The molecule has 0 bridgehead atoms. The molecule has 0 aliphatic rings. The van der Waals surface area contributed by atoms with E-state index in [1.54, 1.807) is 11.9 Å². The molecule has 0 N–H and O–H groups in total. The van der Waals surface area contributed by atoms with Crippen LogP contribution in [-0.2, 0) is 9.63 Å². The lowest BCUT2D eigenvalue weighted by Gasteiger charge is -2.33. The average Bonchev–Trinajstić information content (AvgIpc) is 2.70. The summed E-state index contributed by atoms with van der Waals surface area (Å²) >= 11 is 0. The van der Waals surface area contributed by atoms with Crippen LogP contribution in [0.5, 0.6) is 0 Å². The van der Waals surface area contributed by atoms with Crippen molar-refractivity contribution in [2.75, 3.05) is 61.5 Å². The number of hydroxylamine groups is 2. The van der Waals surface area contributed by atoms with Crippen molar-refractivity contribution >= 4 is 6.41 Å². The molecule has 0 aliphatic carbocycles. The fourth-order valence-electron chi connectivity index (χ4n) is 2.12. The third kappa shape index (κ3) is 20.4. The van der Waals surface area contributed by atoms with E-state index in [1.165, 1.54) is 25.8 Å². The molecule has 1 unspecified atom stereocenters. The standard InChI is InChI=1S/C12H27N3O2.C9H21N.C2H6/c1-12(2,14(5)11-16)7-10-17-15(6)9-8-13(3)4;1-5-7-8-10(4)9(3)6-2;1-2/h11H,7-10H2,1-6H3;9H,5-8H2,1-4H3;1-2H3. The van der Waals surface area contributed by atoms with E-state index in [0.29, 0.717) is 6.61 Å². The Bertz CT molecular complexity index is 352. The first-order valence-corrected chi connectivity index (χ1v) is 11.4. The van der Waals surface area contributed by atoms with Crippen LogP contribution < -0.4 is 0 Å². The molecular formula is C23H54N4O2. The predicted molar refractivity (Wildman–Crippen MR) is 128 cm³/mol. The highest BCUT2D eigenvalue weighted by Crippen LogP contribution is 2.15. The molecule has 1 amide bonds. The van der Waals surface area contributed by atoms with Gasteiger partial charge in [0, 0.05) is 38.8 Å². The van der Waals surface area contributed by atoms with Crippen LogP contribution in [0.25, 0.3) is 0 Å². The van der Waals surface area contributed by atoms with Gasteiger partial charge in [0.25, 0.3) is 0 Å². The first kappa shape index (κ1) is 33.0. The largest absolute Gasteiger partial charge is 0.343 e. The van der Waals surface area contributed by atoms with Gasteiger partial charge in [0.05, 0.1) is 6.61 Å². The molecule has 0 rings (SSSR count). The summed E-state index contributed by atoms with van der Waals surface area (Å²) in [4.78, 5) is 22.5. The average molecular weight is 419 g/mol. The predicted octanol–water partition coefficient (Wildman–Crippen LogP) is 4.21. The van der Waals surface area contributed by atoms with Crippen molar-refractivity contribution in [1.82, 2.24) is 19.8 Å². The number of hydrogen-bond acceptors (Lipinski definition) is 5. The van der Waals surface area contributed by atoms with Crippen LogP contribution in [0.3, 0.4) is 0 Å². The maximum absolute atomic E-state index is 10.7. The third-order valence-corrected chi connectivity index (χ3v) is 5.21. The van der Waals surface area contributed by atoms with Gasteiger partial charge in [-0.2, -0.15) is 5.06 Å². The molecule has 0 radical (unpaired) electrons. The van der Waals surface area contributed by atoms with Gasteiger partial charge in [0.2, 0.25) is 6.41 Å². The van der Waals surface area contributed by atoms with Crippen molar-refractivity contribution < 1.29 is 9.63 Å². The maximum atomic E-state index is 10.7. The lowest BCUT2D eigenvalue weighted by Crippen LogP contribution is -2.41. The number of carbonyl (C=O) groups excluding carboxylic acids is 1. The van der Waals surface area contributed by atoms with E-state index >= 15 is 0 Å². The highest BCUT2D eigenvalue weighted by Gasteiger charge is 2.22. The Morgan fingerprint density at radius 3 is 1.93 bits per heavy atom. The minimum absolute atomic E-state index is 0.163. The molecule has 0 aromatic carbocycles. The van der Waals surface area contributed by atoms with Crippen LogP contribution in [0.15, 0.2) is 0 Å². The van der Waals surface area contributed by atoms with Crippen molar-refractivity contribution in [1.29, 1.82) is 0 Å². The normalized spacial score (nSPS) is 12.2. The zero-order chi connectivity index (χ0) is 23.5. The Morgan fingerprint density at radius 2 is 1.52 bits per heavy atom. The van der Waals surface area contributed by atoms with E-state index < -0.39 is 0 Å². The second-order valence-electron chi connectivity index (χ2n) is 8.36. The number of hydrogen-bond donors (Lipinski definition) is 0. The second kappa shape index (κ2) is 20.6. The third-order valence-electron chi connectivity index (χ3n) is 5.21. The molecule has 0 aromatic rings. The SMILES string of the molecule is CC.CCCCN(C)C(C)CC.CN(C)CCN(C)OCCC(C)(C)N(C)C=O. The van der Waals surface area contributed by atoms with Gasteiger partial charge in [-0.3, -0.25) is 9.63 Å². The van der Waals surface area contributed by atoms with Crippen molar-refractivity contribution in [2.24, 2.45) is 0 Å². The zero-order valence-electron chi connectivity index (χ0n) is 21.9. The van der Waals surface area contributed by atoms with Crippen molar-refractivity contribution in [2.45, 2.75) is 85.7 Å². The lowest BCUT2D eigenvalue weighted by atomic mass is 10.0. The summed E-state index contributed by atoms with van der Waals surface area (Å²) < 4.78 is 0. The van der Waals surface area contributed by atoms with Crippen LogP contribution in [0.4, 0.5) is 0 Å². The number of likely N-dealkylation sites (N-methyl/N-ethyl adjacent to an activating group) is 2. The lowest BCUT2D eigenvalue weighted by molar-refractivity contribution is -0.149. The minimum atomic E-state index is -0.163. The van der Waals surface area contributed by atoms with Crippen LogP contribution in [-0.4, -0.2) is 99.2 Å². The van der Waals surface area contributed by atoms with E-state index in [9.17, 15) is 4.79 Å². The Morgan fingerprint density at radius 1 is 0.966 bits per heavy atom. The van der Waals surface area contributed by atoms with E-state index in [1.807, 2.05) is 53.9 Å². The summed E-state index contributed by atoms with van der Waals surface area (Å²) in [7, 11) is 10.0. The van der Waals surface area contributed by atoms with Crippen LogP contribution in [0.2, 0.25) is 0 Å². The van der Waals surface area contributed by atoms with E-state index in [4.69, 9.17) is 4.84 Å². The molecule has 6 heteroatoms. The van der Waals surface area contributed by atoms with E-state index in [0.717, 1.165) is 32.0 Å². The first-order valence-electron chi connectivity index (χ1n) is 11.4. The van der Waals surface area contributed by atoms with Gasteiger partial charge >= 0.3 is 0 Å². The molecule has 0 aliphatic heterocycles. The fraction of sp³-hybridized carbons (Fsp3) is 0.957. The maximum Gasteiger partial charge on any atom is 0.209 e.